The van der Waals surface area contributed by atoms with Crippen molar-refractivity contribution in [1.82, 2.24) is 9.97 Å². The maximum absolute atomic E-state index is 12.2. The third-order valence-electron chi connectivity index (χ3n) is 9.97. The smallest absolute Gasteiger partial charge is 0.157 e. The van der Waals surface area contributed by atoms with E-state index >= 15 is 0 Å². The van der Waals surface area contributed by atoms with E-state index in [2.05, 4.69) is 141 Å². The SMILES string of the molecule is CC(C)c1nc(-c2[c-]cc(C(C)C)c3ccccc23)c2oc3c4ccccc4ccc3c2n1.CCC(CC)C(=O)/C=C(\[N-]C(C)C)C(CC)CC.[Ir]. The van der Waals surface area contributed by atoms with E-state index in [0.29, 0.717) is 11.8 Å². The van der Waals surface area contributed by atoms with Crippen molar-refractivity contribution in [2.45, 2.75) is 113 Å². The van der Waals surface area contributed by atoms with Gasteiger partial charge in [0.05, 0.1) is 0 Å². The average molecular weight is 874 g/mol. The number of aromatic nitrogens is 2. The first kappa shape index (κ1) is 40.9. The quantitative estimate of drug-likeness (QED) is 0.0907. The summed E-state index contributed by atoms with van der Waals surface area (Å²) < 4.78 is 6.57. The van der Waals surface area contributed by atoms with Crippen LogP contribution in [0.15, 0.2) is 82.9 Å². The molecule has 0 saturated carbocycles. The van der Waals surface area contributed by atoms with E-state index in [1.807, 2.05) is 12.1 Å². The Balaban J connectivity index is 0.000000275. The molecule has 0 aliphatic heterocycles. The van der Waals surface area contributed by atoms with Gasteiger partial charge in [0.25, 0.3) is 0 Å². The van der Waals surface area contributed by atoms with Gasteiger partial charge in [-0.2, -0.15) is 5.70 Å². The molecular formula is C46H55IrN3O2-2. The molecule has 0 bridgehead atoms. The third kappa shape index (κ3) is 8.67. The molecule has 0 atom stereocenters. The summed E-state index contributed by atoms with van der Waals surface area (Å²) in [6, 6.07) is 27.0. The van der Waals surface area contributed by atoms with Crippen LogP contribution in [0.5, 0.6) is 0 Å². The Morgan fingerprint density at radius 3 is 1.94 bits per heavy atom. The van der Waals surface area contributed by atoms with E-state index in [0.717, 1.165) is 86.7 Å². The third-order valence-corrected chi connectivity index (χ3v) is 9.97. The van der Waals surface area contributed by atoms with E-state index in [4.69, 9.17) is 14.4 Å². The van der Waals surface area contributed by atoms with E-state index in [1.54, 1.807) is 0 Å². The standard InChI is InChI=1S/C30H25N2O.C16H31NO.Ir/c1-17(2)20-15-16-24(23-12-8-7-11-22(20)23)26-29-27(32-30(31-26)18(3)4)25-14-13-19-9-5-6-10-21(19)28(25)33-29;1-7-13(8-2)15(17-12(5)6)11-16(18)14(9-3)10-4;/h5-15,17-18H,1-4H3;11-14H,7-10H2,1-6H3,(H,17,18);/q-1;;/p-1. The molecule has 0 amide bonds. The largest absolute Gasteiger partial charge is 0.685 e. The number of fused-ring (bicyclic) bond motifs is 6. The summed E-state index contributed by atoms with van der Waals surface area (Å²) in [6.07, 6.45) is 5.76. The minimum absolute atomic E-state index is 0. The molecule has 2 heterocycles. The molecule has 6 heteroatoms. The van der Waals surface area contributed by atoms with Crippen LogP contribution in [-0.4, -0.2) is 21.8 Å². The number of allylic oxidation sites excluding steroid dienone is 2. The molecule has 0 saturated heterocycles. The Kier molecular flexibility index (Phi) is 14.4. The maximum atomic E-state index is 12.2. The molecule has 0 spiro atoms. The van der Waals surface area contributed by atoms with Crippen molar-refractivity contribution in [1.29, 1.82) is 0 Å². The van der Waals surface area contributed by atoms with Crippen LogP contribution in [-0.2, 0) is 24.9 Å². The molecule has 6 aromatic rings. The van der Waals surface area contributed by atoms with Gasteiger partial charge in [-0.1, -0.05) is 153 Å². The molecular weight excluding hydrogens is 819 g/mol. The minimum Gasteiger partial charge on any atom is -0.685 e. The molecule has 277 valence electrons. The van der Waals surface area contributed by atoms with Crippen LogP contribution in [0, 0.1) is 17.9 Å². The Labute approximate surface area is 324 Å². The number of ketones is 1. The molecule has 0 N–H and O–H groups in total. The maximum Gasteiger partial charge on any atom is 0.157 e. The number of hydrogen-bond acceptors (Lipinski definition) is 4. The predicted molar refractivity (Wildman–Crippen MR) is 217 cm³/mol. The van der Waals surface area contributed by atoms with Crippen molar-refractivity contribution >= 4 is 49.4 Å². The summed E-state index contributed by atoms with van der Waals surface area (Å²) in [5.74, 6) is 2.27. The van der Waals surface area contributed by atoms with Crippen molar-refractivity contribution in [2.75, 3.05) is 0 Å². The molecule has 52 heavy (non-hydrogen) atoms. The van der Waals surface area contributed by atoms with Gasteiger partial charge in [-0.3, -0.25) is 9.78 Å². The fourth-order valence-corrected chi connectivity index (χ4v) is 6.97. The van der Waals surface area contributed by atoms with Crippen LogP contribution in [0.4, 0.5) is 0 Å². The number of carbonyl (C=O) groups is 1. The number of rotatable bonds is 12. The van der Waals surface area contributed by atoms with Gasteiger partial charge in [0.1, 0.15) is 22.5 Å². The van der Waals surface area contributed by atoms with Crippen LogP contribution in [0.2, 0.25) is 0 Å². The Morgan fingerprint density at radius 2 is 1.35 bits per heavy atom. The summed E-state index contributed by atoms with van der Waals surface area (Å²) in [7, 11) is 0. The van der Waals surface area contributed by atoms with Gasteiger partial charge in [-0.15, -0.1) is 29.3 Å². The van der Waals surface area contributed by atoms with Gasteiger partial charge >= 0.3 is 0 Å². The normalized spacial score (nSPS) is 12.1. The van der Waals surface area contributed by atoms with Gasteiger partial charge in [0.15, 0.2) is 5.78 Å². The van der Waals surface area contributed by atoms with Crippen LogP contribution < -0.4 is 0 Å². The van der Waals surface area contributed by atoms with Crippen molar-refractivity contribution in [2.24, 2.45) is 11.8 Å². The van der Waals surface area contributed by atoms with Gasteiger partial charge in [-0.25, -0.2) is 4.98 Å². The first-order valence-electron chi connectivity index (χ1n) is 19.0. The van der Waals surface area contributed by atoms with E-state index in [1.165, 1.54) is 10.9 Å². The molecule has 1 radical (unpaired) electrons. The second-order valence-corrected chi connectivity index (χ2v) is 14.6. The average Bonchev–Trinajstić information content (AvgIpc) is 3.51. The Hall–Kier alpha value is -3.86. The molecule has 6 rings (SSSR count). The Bertz CT molecular complexity index is 2150. The minimum atomic E-state index is 0. The molecule has 5 nitrogen and oxygen atoms in total. The molecule has 0 unspecified atom stereocenters. The van der Waals surface area contributed by atoms with Crippen LogP contribution >= 0.6 is 0 Å². The van der Waals surface area contributed by atoms with Crippen molar-refractivity contribution in [3.8, 4) is 11.3 Å². The molecule has 2 aromatic heterocycles. The number of nitrogens with zero attached hydrogens (tertiary/aromatic N) is 3. The Morgan fingerprint density at radius 1 is 0.731 bits per heavy atom. The monoisotopic (exact) mass is 874 g/mol. The summed E-state index contributed by atoms with van der Waals surface area (Å²) in [5.41, 5.74) is 6.54. The van der Waals surface area contributed by atoms with Crippen LogP contribution in [0.25, 0.3) is 60.2 Å². The molecule has 0 fully saturated rings. The number of furan rings is 1. The number of carbonyl (C=O) groups excluding carboxylic acids is 1. The second-order valence-electron chi connectivity index (χ2n) is 14.6. The zero-order chi connectivity index (χ0) is 36.8. The zero-order valence-electron chi connectivity index (χ0n) is 32.6. The van der Waals surface area contributed by atoms with Crippen LogP contribution in [0.3, 0.4) is 0 Å². The van der Waals surface area contributed by atoms with Crippen molar-refractivity contribution in [3.63, 3.8) is 0 Å². The van der Waals surface area contributed by atoms with Gasteiger partial charge in [0.2, 0.25) is 0 Å². The van der Waals surface area contributed by atoms with E-state index in [9.17, 15) is 4.79 Å². The molecule has 0 aliphatic carbocycles. The van der Waals surface area contributed by atoms with E-state index < -0.39 is 0 Å². The number of hydrogen-bond donors (Lipinski definition) is 0. The predicted octanol–water partition coefficient (Wildman–Crippen LogP) is 13.5. The summed E-state index contributed by atoms with van der Waals surface area (Å²) in [5, 5.41) is 10.3. The fraction of sp³-hybridized carbons (Fsp3) is 0.413. The second kappa shape index (κ2) is 18.3. The summed E-state index contributed by atoms with van der Waals surface area (Å²) in [4.78, 5) is 22.2. The first-order chi connectivity index (χ1) is 24.5. The first-order valence-corrected chi connectivity index (χ1v) is 19.0. The zero-order valence-corrected chi connectivity index (χ0v) is 35.0. The van der Waals surface area contributed by atoms with Gasteiger partial charge in [0, 0.05) is 48.4 Å². The summed E-state index contributed by atoms with van der Waals surface area (Å²) in [6.45, 7) is 21.3. The number of benzene rings is 4. The van der Waals surface area contributed by atoms with Gasteiger partial charge in [-0.05, 0) is 36.3 Å². The topological polar surface area (TPSA) is 70.1 Å². The summed E-state index contributed by atoms with van der Waals surface area (Å²) >= 11 is 0. The molecule has 4 aromatic carbocycles. The van der Waals surface area contributed by atoms with E-state index in [-0.39, 0.29) is 43.8 Å². The van der Waals surface area contributed by atoms with Gasteiger partial charge < -0.3 is 9.73 Å². The fourth-order valence-electron chi connectivity index (χ4n) is 6.97. The molecule has 0 aliphatic rings. The van der Waals surface area contributed by atoms with Crippen molar-refractivity contribution < 1.29 is 29.3 Å². The van der Waals surface area contributed by atoms with Crippen molar-refractivity contribution in [3.05, 3.63) is 101 Å². The van der Waals surface area contributed by atoms with Crippen LogP contribution in [0.1, 0.15) is 118 Å².